The van der Waals surface area contributed by atoms with Gasteiger partial charge in [-0.3, -0.25) is 19.1 Å². The summed E-state index contributed by atoms with van der Waals surface area (Å²) in [4.78, 5) is 30.9. The van der Waals surface area contributed by atoms with Crippen LogP contribution in [0.4, 0.5) is 4.39 Å². The van der Waals surface area contributed by atoms with Crippen molar-refractivity contribution in [3.05, 3.63) is 99.2 Å². The van der Waals surface area contributed by atoms with Crippen molar-refractivity contribution in [1.29, 1.82) is 0 Å². The van der Waals surface area contributed by atoms with Crippen LogP contribution in [0.1, 0.15) is 40.9 Å². The number of Topliss-reactive ketones (excluding diaryl/α,β-unsaturated/α-hetero) is 1. The number of carbonyl (C=O) groups excluding carboxylic acids is 1. The first kappa shape index (κ1) is 23.7. The summed E-state index contributed by atoms with van der Waals surface area (Å²) in [6, 6.07) is 15.5. The molecule has 0 aliphatic carbocycles. The van der Waals surface area contributed by atoms with Crippen molar-refractivity contribution in [2.45, 2.75) is 39.0 Å². The van der Waals surface area contributed by atoms with Crippen molar-refractivity contribution in [1.82, 2.24) is 9.55 Å². The molecule has 0 spiro atoms. The topological polar surface area (TPSA) is 90.7 Å². The number of pyridine rings is 2. The van der Waals surface area contributed by atoms with Crippen LogP contribution >= 0.6 is 0 Å². The number of hydrogen-bond donors (Lipinski definition) is 1. The zero-order valence-corrected chi connectivity index (χ0v) is 20.0. The van der Waals surface area contributed by atoms with Gasteiger partial charge in [0.15, 0.2) is 17.3 Å². The average Bonchev–Trinajstić information content (AvgIpc) is 2.87. The quantitative estimate of drug-likeness (QED) is 0.395. The maximum absolute atomic E-state index is 13.6. The van der Waals surface area contributed by atoms with Crippen LogP contribution in [0, 0.1) is 5.82 Å². The number of aliphatic hydroxyl groups is 1. The fraction of sp³-hybridized carbons (Fsp3) is 0.250. The van der Waals surface area contributed by atoms with Crippen molar-refractivity contribution < 1.29 is 23.8 Å². The molecule has 0 bridgehead atoms. The lowest BCUT2D eigenvalue weighted by molar-refractivity contribution is 0.00352. The van der Waals surface area contributed by atoms with E-state index in [0.717, 1.165) is 11.1 Å². The number of rotatable bonds is 7. The van der Waals surface area contributed by atoms with Crippen molar-refractivity contribution in [2.75, 3.05) is 6.61 Å². The molecule has 2 aromatic carbocycles. The molecule has 0 unspecified atom stereocenters. The lowest BCUT2D eigenvalue weighted by atomic mass is 9.99. The van der Waals surface area contributed by atoms with E-state index in [0.29, 0.717) is 28.8 Å². The molecule has 4 aromatic rings. The van der Waals surface area contributed by atoms with E-state index in [4.69, 9.17) is 9.47 Å². The summed E-state index contributed by atoms with van der Waals surface area (Å²) in [7, 11) is 0. The molecule has 0 fully saturated rings. The molecule has 8 heteroatoms. The van der Waals surface area contributed by atoms with Gasteiger partial charge in [-0.2, -0.15) is 0 Å². The number of ketones is 1. The lowest BCUT2D eigenvalue weighted by Gasteiger charge is -2.36. The van der Waals surface area contributed by atoms with E-state index in [9.17, 15) is 19.1 Å². The summed E-state index contributed by atoms with van der Waals surface area (Å²) in [5.41, 5.74) is 1.37. The molecule has 0 saturated heterocycles. The van der Waals surface area contributed by atoms with E-state index in [1.165, 1.54) is 23.6 Å². The molecule has 36 heavy (non-hydrogen) atoms. The third kappa shape index (κ3) is 4.24. The first-order valence-corrected chi connectivity index (χ1v) is 11.6. The predicted octanol–water partition coefficient (Wildman–Crippen LogP) is 4.05. The summed E-state index contributed by atoms with van der Waals surface area (Å²) in [5, 5.41) is 10.1. The highest BCUT2D eigenvalue weighted by Crippen LogP contribution is 2.40. The first-order valence-electron chi connectivity index (χ1n) is 11.6. The van der Waals surface area contributed by atoms with Crippen LogP contribution in [0.5, 0.6) is 11.5 Å². The Kier molecular flexibility index (Phi) is 6.05. The molecule has 1 atom stereocenters. The number of ether oxygens (including phenoxy) is 2. The van der Waals surface area contributed by atoms with Crippen molar-refractivity contribution in [3.63, 3.8) is 0 Å². The molecule has 0 saturated carbocycles. The molecule has 7 nitrogen and oxygen atoms in total. The summed E-state index contributed by atoms with van der Waals surface area (Å²) in [6.07, 6.45) is 1.97. The van der Waals surface area contributed by atoms with E-state index >= 15 is 0 Å². The fourth-order valence-electron chi connectivity index (χ4n) is 4.48. The van der Waals surface area contributed by atoms with Crippen LogP contribution in [-0.2, 0) is 19.6 Å². The van der Waals surface area contributed by atoms with Gasteiger partial charge in [0.25, 0.3) is 5.56 Å². The number of halogens is 1. The molecular weight excluding hydrogens is 463 g/mol. The molecule has 1 N–H and O–H groups in total. The summed E-state index contributed by atoms with van der Waals surface area (Å²) in [5.74, 6) is -0.298. The van der Waals surface area contributed by atoms with Gasteiger partial charge >= 0.3 is 0 Å². The second-order valence-corrected chi connectivity index (χ2v) is 9.25. The van der Waals surface area contributed by atoms with Gasteiger partial charge in [-0.1, -0.05) is 42.5 Å². The SMILES string of the molecule is CC(=O)c1c(OCc2ccccc2)c2ncc(Cc3ccc(F)cc3)c3c2n(c1=O)C[C@](C)(CO)O3. The largest absolute Gasteiger partial charge is 0.486 e. The molecule has 0 amide bonds. The number of aliphatic hydroxyl groups excluding tert-OH is 1. The second-order valence-electron chi connectivity index (χ2n) is 9.25. The summed E-state index contributed by atoms with van der Waals surface area (Å²) >= 11 is 0. The van der Waals surface area contributed by atoms with E-state index in [-0.39, 0.29) is 36.9 Å². The Bertz CT molecular complexity index is 1520. The fourth-order valence-corrected chi connectivity index (χ4v) is 4.48. The Balaban J connectivity index is 1.72. The second kappa shape index (κ2) is 9.20. The van der Waals surface area contributed by atoms with Crippen LogP contribution in [0.2, 0.25) is 0 Å². The van der Waals surface area contributed by atoms with Gasteiger partial charge < -0.3 is 14.6 Å². The number of carbonyl (C=O) groups is 1. The van der Waals surface area contributed by atoms with Crippen LogP contribution < -0.4 is 15.0 Å². The Morgan fingerprint density at radius 2 is 1.89 bits per heavy atom. The molecule has 1 aliphatic rings. The maximum Gasteiger partial charge on any atom is 0.266 e. The van der Waals surface area contributed by atoms with Gasteiger partial charge in [-0.15, -0.1) is 0 Å². The zero-order valence-electron chi connectivity index (χ0n) is 20.0. The molecule has 2 aromatic heterocycles. The minimum Gasteiger partial charge on any atom is -0.486 e. The molecule has 1 aliphatic heterocycles. The van der Waals surface area contributed by atoms with Gasteiger partial charge in [-0.05, 0) is 37.1 Å². The maximum atomic E-state index is 13.6. The van der Waals surface area contributed by atoms with Crippen LogP contribution in [0.3, 0.4) is 0 Å². The minimum atomic E-state index is -1.09. The summed E-state index contributed by atoms with van der Waals surface area (Å²) < 4.78 is 27.2. The zero-order chi connectivity index (χ0) is 25.4. The predicted molar refractivity (Wildman–Crippen MR) is 132 cm³/mol. The van der Waals surface area contributed by atoms with Gasteiger partial charge in [0.05, 0.1) is 13.2 Å². The third-order valence-corrected chi connectivity index (χ3v) is 6.31. The number of hydrogen-bond acceptors (Lipinski definition) is 6. The van der Waals surface area contributed by atoms with Crippen molar-refractivity contribution in [2.24, 2.45) is 0 Å². The Labute approximate surface area is 206 Å². The van der Waals surface area contributed by atoms with E-state index < -0.39 is 16.9 Å². The highest BCUT2D eigenvalue weighted by Gasteiger charge is 2.37. The van der Waals surface area contributed by atoms with Crippen molar-refractivity contribution in [3.8, 4) is 11.5 Å². The number of benzene rings is 2. The van der Waals surface area contributed by atoms with Crippen LogP contribution in [0.25, 0.3) is 11.0 Å². The monoisotopic (exact) mass is 488 g/mol. The van der Waals surface area contributed by atoms with Crippen molar-refractivity contribution >= 4 is 16.8 Å². The lowest BCUT2D eigenvalue weighted by Crippen LogP contribution is -2.47. The minimum absolute atomic E-state index is 0.0345. The van der Waals surface area contributed by atoms with E-state index in [1.54, 1.807) is 25.3 Å². The molecule has 0 radical (unpaired) electrons. The Morgan fingerprint density at radius 1 is 1.17 bits per heavy atom. The van der Waals surface area contributed by atoms with E-state index in [1.807, 2.05) is 30.3 Å². The summed E-state index contributed by atoms with van der Waals surface area (Å²) in [6.45, 7) is 2.85. The Hall–Kier alpha value is -4.04. The van der Waals surface area contributed by atoms with Gasteiger partial charge in [0, 0.05) is 18.2 Å². The Morgan fingerprint density at radius 3 is 2.56 bits per heavy atom. The number of nitrogens with zero attached hydrogens (tertiary/aromatic N) is 2. The van der Waals surface area contributed by atoms with E-state index in [2.05, 4.69) is 4.98 Å². The smallest absolute Gasteiger partial charge is 0.266 e. The molecular formula is C28H25FN2O5. The molecule has 184 valence electrons. The first-order chi connectivity index (χ1) is 17.3. The molecule has 3 heterocycles. The average molecular weight is 489 g/mol. The molecule has 5 rings (SSSR count). The number of aromatic nitrogens is 2. The van der Waals surface area contributed by atoms with Gasteiger partial charge in [0.1, 0.15) is 34.6 Å². The van der Waals surface area contributed by atoms with Crippen LogP contribution in [0.15, 0.2) is 65.6 Å². The van der Waals surface area contributed by atoms with Gasteiger partial charge in [-0.25, -0.2) is 4.39 Å². The normalized spacial score (nSPS) is 16.6. The highest BCUT2D eigenvalue weighted by molar-refractivity contribution is 6.02. The van der Waals surface area contributed by atoms with Gasteiger partial charge in [0.2, 0.25) is 0 Å². The highest BCUT2D eigenvalue weighted by atomic mass is 19.1. The van der Waals surface area contributed by atoms with Crippen LogP contribution in [-0.4, -0.2) is 32.6 Å². The standard InChI is InChI=1S/C28H25FN2O5/c1-17(33)22-26(35-14-19-6-4-3-5-7-19)23-24-25(36-28(2,16-32)15-31(24)27(22)34)20(13-30-23)12-18-8-10-21(29)11-9-18/h3-11,13,32H,12,14-16H2,1-2H3/t28-/m1/s1. The third-order valence-electron chi connectivity index (χ3n) is 6.31.